The molecule has 0 saturated heterocycles. The van der Waals surface area contributed by atoms with Crippen molar-refractivity contribution < 1.29 is 14.6 Å². The van der Waals surface area contributed by atoms with Gasteiger partial charge in [-0.1, -0.05) is 20.8 Å². The molecule has 1 aromatic carbocycles. The highest BCUT2D eigenvalue weighted by molar-refractivity contribution is 5.73. The van der Waals surface area contributed by atoms with Gasteiger partial charge in [0.05, 0.1) is 11.6 Å². The molecule has 0 bridgehead atoms. The minimum absolute atomic E-state index is 0.450. The Labute approximate surface area is 100 Å². The van der Waals surface area contributed by atoms with Gasteiger partial charge in [-0.25, -0.2) is 4.79 Å². The van der Waals surface area contributed by atoms with Gasteiger partial charge in [-0.2, -0.15) is 5.26 Å². The van der Waals surface area contributed by atoms with Crippen LogP contribution < -0.4 is 4.74 Å². The van der Waals surface area contributed by atoms with Crippen LogP contribution in [0.15, 0.2) is 24.3 Å². The summed E-state index contributed by atoms with van der Waals surface area (Å²) in [6.45, 7) is 5.40. The molecule has 0 fully saturated rings. The second-order valence-corrected chi connectivity index (χ2v) is 4.84. The lowest BCUT2D eigenvalue weighted by atomic mass is 9.89. The van der Waals surface area contributed by atoms with Crippen molar-refractivity contribution in [3.05, 3.63) is 29.8 Å². The second kappa shape index (κ2) is 4.88. The zero-order valence-corrected chi connectivity index (χ0v) is 10.1. The van der Waals surface area contributed by atoms with E-state index >= 15 is 0 Å². The lowest BCUT2D eigenvalue weighted by molar-refractivity contribution is -0.150. The number of nitriles is 1. The molecule has 0 radical (unpaired) electrons. The molecule has 4 heteroatoms. The number of carbonyl (C=O) groups is 1. The van der Waals surface area contributed by atoms with Gasteiger partial charge < -0.3 is 9.84 Å². The molecule has 1 unspecified atom stereocenters. The van der Waals surface area contributed by atoms with Gasteiger partial charge in [0.2, 0.25) is 0 Å². The van der Waals surface area contributed by atoms with Crippen molar-refractivity contribution in [2.45, 2.75) is 26.9 Å². The molecule has 0 saturated carbocycles. The molecule has 0 heterocycles. The molecule has 0 spiro atoms. The first-order valence-corrected chi connectivity index (χ1v) is 5.24. The topological polar surface area (TPSA) is 70.3 Å². The van der Waals surface area contributed by atoms with Crippen LogP contribution in [0, 0.1) is 16.7 Å². The summed E-state index contributed by atoms with van der Waals surface area (Å²) < 4.78 is 5.43. The summed E-state index contributed by atoms with van der Waals surface area (Å²) in [5.41, 5.74) is 0.0136. The Morgan fingerprint density at radius 1 is 1.35 bits per heavy atom. The Bertz CT molecular complexity index is 437. The molecule has 4 nitrogen and oxygen atoms in total. The third kappa shape index (κ3) is 3.49. The van der Waals surface area contributed by atoms with Crippen molar-refractivity contribution in [3.63, 3.8) is 0 Å². The normalized spacial score (nSPS) is 12.6. The van der Waals surface area contributed by atoms with Crippen LogP contribution in [-0.2, 0) is 4.79 Å². The minimum Gasteiger partial charge on any atom is -0.478 e. The molecule has 90 valence electrons. The molecule has 17 heavy (non-hydrogen) atoms. The number of benzene rings is 1. The van der Waals surface area contributed by atoms with E-state index in [1.165, 1.54) is 0 Å². The number of nitrogens with zero attached hydrogens (tertiary/aromatic N) is 1. The first kappa shape index (κ1) is 13.0. The predicted molar refractivity (Wildman–Crippen MR) is 62.7 cm³/mol. The lowest BCUT2D eigenvalue weighted by Gasteiger charge is -2.27. The minimum atomic E-state index is -0.998. The van der Waals surface area contributed by atoms with E-state index in [0.717, 1.165) is 0 Å². The predicted octanol–water partition coefficient (Wildman–Crippen LogP) is 2.44. The maximum atomic E-state index is 11.1. The molecule has 1 N–H and O–H groups in total. The largest absolute Gasteiger partial charge is 0.478 e. The van der Waals surface area contributed by atoms with Gasteiger partial charge in [-0.3, -0.25) is 0 Å². The van der Waals surface area contributed by atoms with Crippen molar-refractivity contribution in [3.8, 4) is 11.8 Å². The summed E-state index contributed by atoms with van der Waals surface area (Å²) in [5.74, 6) is -0.548. The molecular formula is C13H15NO3. The quantitative estimate of drug-likeness (QED) is 0.870. The van der Waals surface area contributed by atoms with E-state index in [9.17, 15) is 4.79 Å². The summed E-state index contributed by atoms with van der Waals surface area (Å²) in [6.07, 6.45) is -0.921. The Morgan fingerprint density at radius 2 is 1.88 bits per heavy atom. The molecule has 1 atom stereocenters. The zero-order chi connectivity index (χ0) is 13.1. The Hall–Kier alpha value is -2.02. The van der Waals surface area contributed by atoms with Crippen molar-refractivity contribution in [1.82, 2.24) is 0 Å². The molecule has 0 amide bonds. The van der Waals surface area contributed by atoms with Crippen molar-refractivity contribution >= 4 is 5.97 Å². The van der Waals surface area contributed by atoms with E-state index < -0.39 is 17.5 Å². The highest BCUT2D eigenvalue weighted by Gasteiger charge is 2.33. The molecule has 0 aliphatic carbocycles. The summed E-state index contributed by atoms with van der Waals surface area (Å²) in [5, 5.41) is 17.7. The van der Waals surface area contributed by atoms with Crippen LogP contribution in [0.5, 0.6) is 5.75 Å². The highest BCUT2D eigenvalue weighted by Crippen LogP contribution is 2.25. The molecule has 0 aliphatic rings. The number of carboxylic acids is 1. The Balaban J connectivity index is 2.88. The fourth-order valence-electron chi connectivity index (χ4n) is 1.34. The SMILES string of the molecule is CC(C)(C)C(Oc1ccc(C#N)cc1)C(=O)O. The van der Waals surface area contributed by atoms with Gasteiger partial charge >= 0.3 is 5.97 Å². The van der Waals surface area contributed by atoms with Crippen LogP contribution in [0.1, 0.15) is 26.3 Å². The van der Waals surface area contributed by atoms with Crippen LogP contribution in [0.3, 0.4) is 0 Å². The van der Waals surface area contributed by atoms with E-state index in [0.29, 0.717) is 11.3 Å². The summed E-state index contributed by atoms with van der Waals surface area (Å²) >= 11 is 0. The van der Waals surface area contributed by atoms with Crippen LogP contribution >= 0.6 is 0 Å². The number of hydrogen-bond acceptors (Lipinski definition) is 3. The van der Waals surface area contributed by atoms with Gasteiger partial charge in [-0.15, -0.1) is 0 Å². The zero-order valence-electron chi connectivity index (χ0n) is 10.1. The average Bonchev–Trinajstić information content (AvgIpc) is 2.24. The molecule has 0 aromatic heterocycles. The van der Waals surface area contributed by atoms with Gasteiger partial charge in [0.1, 0.15) is 5.75 Å². The van der Waals surface area contributed by atoms with Crippen molar-refractivity contribution in [2.24, 2.45) is 5.41 Å². The second-order valence-electron chi connectivity index (χ2n) is 4.84. The molecule has 0 aliphatic heterocycles. The van der Waals surface area contributed by atoms with E-state index in [-0.39, 0.29) is 0 Å². The van der Waals surface area contributed by atoms with Crippen LogP contribution in [0.25, 0.3) is 0 Å². The summed E-state index contributed by atoms with van der Waals surface area (Å²) in [7, 11) is 0. The van der Waals surface area contributed by atoms with Crippen molar-refractivity contribution in [2.75, 3.05) is 0 Å². The number of rotatable bonds is 3. The molecule has 1 rings (SSSR count). The summed E-state index contributed by atoms with van der Waals surface area (Å²) in [6, 6.07) is 8.37. The fourth-order valence-corrected chi connectivity index (χ4v) is 1.34. The maximum absolute atomic E-state index is 11.1. The number of aliphatic carboxylic acids is 1. The lowest BCUT2D eigenvalue weighted by Crippen LogP contribution is -2.39. The summed E-state index contributed by atoms with van der Waals surface area (Å²) in [4.78, 5) is 11.1. The Morgan fingerprint density at radius 3 is 2.24 bits per heavy atom. The molecular weight excluding hydrogens is 218 g/mol. The van der Waals surface area contributed by atoms with Crippen molar-refractivity contribution in [1.29, 1.82) is 5.26 Å². The fraction of sp³-hybridized carbons (Fsp3) is 0.385. The number of carboxylic acid groups (broad SMARTS) is 1. The highest BCUT2D eigenvalue weighted by atomic mass is 16.5. The smallest absolute Gasteiger partial charge is 0.345 e. The maximum Gasteiger partial charge on any atom is 0.345 e. The van der Waals surface area contributed by atoms with Gasteiger partial charge in [0.15, 0.2) is 6.10 Å². The third-order valence-corrected chi connectivity index (χ3v) is 2.25. The van der Waals surface area contributed by atoms with E-state index in [2.05, 4.69) is 0 Å². The van der Waals surface area contributed by atoms with Crippen LogP contribution in [-0.4, -0.2) is 17.2 Å². The van der Waals surface area contributed by atoms with Gasteiger partial charge in [-0.05, 0) is 24.3 Å². The standard InChI is InChI=1S/C13H15NO3/c1-13(2,3)11(12(15)16)17-10-6-4-9(8-14)5-7-10/h4-7,11H,1-3H3,(H,15,16). The van der Waals surface area contributed by atoms with E-state index in [4.69, 9.17) is 15.1 Å². The van der Waals surface area contributed by atoms with Crippen LogP contribution in [0.2, 0.25) is 0 Å². The number of hydrogen-bond donors (Lipinski definition) is 1. The van der Waals surface area contributed by atoms with Gasteiger partial charge in [0, 0.05) is 5.41 Å². The Kier molecular flexibility index (Phi) is 3.74. The monoisotopic (exact) mass is 233 g/mol. The number of ether oxygens (including phenoxy) is 1. The third-order valence-electron chi connectivity index (χ3n) is 2.25. The van der Waals surface area contributed by atoms with Gasteiger partial charge in [0.25, 0.3) is 0 Å². The molecule has 1 aromatic rings. The van der Waals surface area contributed by atoms with Crippen LogP contribution in [0.4, 0.5) is 0 Å². The van der Waals surface area contributed by atoms with E-state index in [1.54, 1.807) is 45.0 Å². The first-order chi connectivity index (χ1) is 7.84. The van der Waals surface area contributed by atoms with E-state index in [1.807, 2.05) is 6.07 Å². The first-order valence-electron chi connectivity index (χ1n) is 5.24. The average molecular weight is 233 g/mol.